The van der Waals surface area contributed by atoms with Crippen molar-refractivity contribution in [3.05, 3.63) is 34.1 Å². The van der Waals surface area contributed by atoms with Crippen molar-refractivity contribution in [2.75, 3.05) is 0 Å². The van der Waals surface area contributed by atoms with Crippen LogP contribution in [-0.4, -0.2) is 12.2 Å². The molecule has 1 N–H and O–H groups in total. The van der Waals surface area contributed by atoms with Gasteiger partial charge in [-0.25, -0.2) is 4.39 Å². The molecular weight excluding hydrogens is 326 g/mol. The molecule has 0 aliphatic heterocycles. The van der Waals surface area contributed by atoms with Gasteiger partial charge >= 0.3 is 6.18 Å². The van der Waals surface area contributed by atoms with Crippen molar-refractivity contribution in [3.63, 3.8) is 0 Å². The van der Waals surface area contributed by atoms with Gasteiger partial charge in [0.25, 0.3) is 0 Å². The standard InChI is InChI=1S/C13H16BrF4N/c1-9(3-2-6-13(16,17)18)19-8-10-7-11(14)4-5-12(10)15/h4-5,7,9,19H,2-3,6,8H2,1H3. The van der Waals surface area contributed by atoms with Crippen molar-refractivity contribution in [1.82, 2.24) is 5.32 Å². The molecule has 108 valence electrons. The predicted molar refractivity (Wildman–Crippen MR) is 70.3 cm³/mol. The molecule has 0 radical (unpaired) electrons. The number of benzene rings is 1. The summed E-state index contributed by atoms with van der Waals surface area (Å²) in [4.78, 5) is 0. The molecule has 1 aromatic carbocycles. The van der Waals surface area contributed by atoms with Crippen LogP contribution in [0.2, 0.25) is 0 Å². The van der Waals surface area contributed by atoms with Gasteiger partial charge in [0.05, 0.1) is 0 Å². The summed E-state index contributed by atoms with van der Waals surface area (Å²) in [6.07, 6.45) is -4.38. The third-order valence-corrected chi connectivity index (χ3v) is 3.24. The highest BCUT2D eigenvalue weighted by molar-refractivity contribution is 9.10. The highest BCUT2D eigenvalue weighted by Crippen LogP contribution is 2.22. The summed E-state index contributed by atoms with van der Waals surface area (Å²) in [7, 11) is 0. The Morgan fingerprint density at radius 1 is 1.32 bits per heavy atom. The Kier molecular flexibility index (Phi) is 6.26. The Balaban J connectivity index is 2.34. The summed E-state index contributed by atoms with van der Waals surface area (Å²) in [6, 6.07) is 4.53. The van der Waals surface area contributed by atoms with Crippen LogP contribution in [0.15, 0.2) is 22.7 Å². The van der Waals surface area contributed by atoms with Crippen LogP contribution in [0.4, 0.5) is 17.6 Å². The van der Waals surface area contributed by atoms with Gasteiger partial charge in [0, 0.05) is 29.0 Å². The van der Waals surface area contributed by atoms with Crippen LogP contribution in [0.1, 0.15) is 31.7 Å². The summed E-state index contributed by atoms with van der Waals surface area (Å²) in [5.41, 5.74) is 0.497. The average Bonchev–Trinajstić information content (AvgIpc) is 2.28. The highest BCUT2D eigenvalue weighted by Gasteiger charge is 2.26. The van der Waals surface area contributed by atoms with Crippen LogP contribution in [0, 0.1) is 5.82 Å². The van der Waals surface area contributed by atoms with Gasteiger partial charge in [-0.3, -0.25) is 0 Å². The van der Waals surface area contributed by atoms with E-state index < -0.39 is 12.6 Å². The molecule has 0 spiro atoms. The van der Waals surface area contributed by atoms with E-state index in [1.165, 1.54) is 6.07 Å². The van der Waals surface area contributed by atoms with Gasteiger partial charge < -0.3 is 5.32 Å². The fourth-order valence-electron chi connectivity index (χ4n) is 1.67. The van der Waals surface area contributed by atoms with E-state index in [2.05, 4.69) is 21.2 Å². The van der Waals surface area contributed by atoms with Gasteiger partial charge in [-0.2, -0.15) is 13.2 Å². The summed E-state index contributed by atoms with van der Waals surface area (Å²) in [6.45, 7) is 2.10. The Morgan fingerprint density at radius 3 is 2.63 bits per heavy atom. The van der Waals surface area contributed by atoms with Crippen LogP contribution < -0.4 is 5.32 Å². The predicted octanol–water partition coefficient (Wildman–Crippen LogP) is 4.80. The van der Waals surface area contributed by atoms with Gasteiger partial charge in [-0.15, -0.1) is 0 Å². The summed E-state index contributed by atoms with van der Waals surface area (Å²) in [5.74, 6) is -0.321. The van der Waals surface area contributed by atoms with Crippen molar-refractivity contribution in [2.45, 2.75) is 44.9 Å². The number of halogens is 5. The first-order valence-electron chi connectivity index (χ1n) is 6.02. The molecule has 1 unspecified atom stereocenters. The smallest absolute Gasteiger partial charge is 0.310 e. The van der Waals surface area contributed by atoms with Crippen LogP contribution in [0.3, 0.4) is 0 Å². The van der Waals surface area contributed by atoms with Crippen LogP contribution in [0.25, 0.3) is 0 Å². The summed E-state index contributed by atoms with van der Waals surface area (Å²) < 4.78 is 50.1. The lowest BCUT2D eigenvalue weighted by molar-refractivity contribution is -0.135. The van der Waals surface area contributed by atoms with Gasteiger partial charge in [0.2, 0.25) is 0 Å². The normalized spacial score (nSPS) is 13.6. The molecule has 1 nitrogen and oxygen atoms in total. The molecule has 0 saturated heterocycles. The maximum Gasteiger partial charge on any atom is 0.389 e. The molecule has 0 aromatic heterocycles. The van der Waals surface area contributed by atoms with E-state index in [9.17, 15) is 17.6 Å². The first kappa shape index (κ1) is 16.4. The molecule has 1 atom stereocenters. The highest BCUT2D eigenvalue weighted by atomic mass is 79.9. The largest absolute Gasteiger partial charge is 0.389 e. The van der Waals surface area contributed by atoms with E-state index in [4.69, 9.17) is 0 Å². The zero-order valence-corrected chi connectivity index (χ0v) is 12.1. The van der Waals surface area contributed by atoms with Crippen molar-refractivity contribution >= 4 is 15.9 Å². The van der Waals surface area contributed by atoms with Crippen LogP contribution in [-0.2, 0) is 6.54 Å². The lowest BCUT2D eigenvalue weighted by Gasteiger charge is -2.15. The number of rotatable bonds is 6. The van der Waals surface area contributed by atoms with Crippen molar-refractivity contribution in [3.8, 4) is 0 Å². The zero-order chi connectivity index (χ0) is 14.5. The SMILES string of the molecule is CC(CCCC(F)(F)F)NCc1cc(Br)ccc1F. The minimum atomic E-state index is -4.10. The maximum absolute atomic E-state index is 13.4. The van der Waals surface area contributed by atoms with E-state index in [1.54, 1.807) is 19.1 Å². The molecule has 0 aliphatic carbocycles. The monoisotopic (exact) mass is 341 g/mol. The second-order valence-corrected chi connectivity index (χ2v) is 5.44. The second kappa shape index (κ2) is 7.24. The van der Waals surface area contributed by atoms with Gasteiger partial charge in [-0.1, -0.05) is 15.9 Å². The molecule has 0 saturated carbocycles. The topological polar surface area (TPSA) is 12.0 Å². The third-order valence-electron chi connectivity index (χ3n) is 2.75. The zero-order valence-electron chi connectivity index (χ0n) is 10.5. The first-order chi connectivity index (χ1) is 8.78. The number of hydrogen-bond acceptors (Lipinski definition) is 1. The number of hydrogen-bond donors (Lipinski definition) is 1. The van der Waals surface area contributed by atoms with Crippen LogP contribution >= 0.6 is 15.9 Å². The Labute approximate surface area is 118 Å². The lowest BCUT2D eigenvalue weighted by atomic mass is 10.1. The second-order valence-electron chi connectivity index (χ2n) is 4.53. The van der Waals surface area contributed by atoms with Gasteiger partial charge in [0.1, 0.15) is 5.82 Å². The van der Waals surface area contributed by atoms with Crippen molar-refractivity contribution < 1.29 is 17.6 Å². The van der Waals surface area contributed by atoms with E-state index in [0.29, 0.717) is 18.5 Å². The molecule has 0 bridgehead atoms. The van der Waals surface area contributed by atoms with Crippen LogP contribution in [0.5, 0.6) is 0 Å². The molecule has 19 heavy (non-hydrogen) atoms. The van der Waals surface area contributed by atoms with Gasteiger partial charge in [0.15, 0.2) is 0 Å². The summed E-state index contributed by atoms with van der Waals surface area (Å²) >= 11 is 3.25. The van der Waals surface area contributed by atoms with E-state index >= 15 is 0 Å². The Morgan fingerprint density at radius 2 is 2.00 bits per heavy atom. The molecular formula is C13H16BrF4N. The molecule has 1 rings (SSSR count). The fourth-order valence-corrected chi connectivity index (χ4v) is 2.08. The molecule has 0 fully saturated rings. The lowest BCUT2D eigenvalue weighted by Crippen LogP contribution is -2.26. The molecule has 0 aliphatic rings. The Bertz CT molecular complexity index is 406. The molecule has 1 aromatic rings. The molecule has 0 amide bonds. The Hall–Kier alpha value is -0.620. The maximum atomic E-state index is 13.4. The van der Waals surface area contributed by atoms with E-state index in [0.717, 1.165) is 4.47 Å². The van der Waals surface area contributed by atoms with Gasteiger partial charge in [-0.05, 0) is 38.0 Å². The quantitative estimate of drug-likeness (QED) is 0.733. The van der Waals surface area contributed by atoms with E-state index in [1.807, 2.05) is 0 Å². The third kappa shape index (κ3) is 6.92. The van der Waals surface area contributed by atoms with E-state index in [-0.39, 0.29) is 18.3 Å². The molecule has 0 heterocycles. The fraction of sp³-hybridized carbons (Fsp3) is 0.538. The molecule has 6 heteroatoms. The number of nitrogens with one attached hydrogen (secondary N) is 1. The van der Waals surface area contributed by atoms with Crippen molar-refractivity contribution in [1.29, 1.82) is 0 Å². The minimum absolute atomic E-state index is 0.0820. The summed E-state index contributed by atoms with van der Waals surface area (Å²) in [5, 5.41) is 3.03. The number of alkyl halides is 3. The minimum Gasteiger partial charge on any atom is -0.310 e. The first-order valence-corrected chi connectivity index (χ1v) is 6.81. The van der Waals surface area contributed by atoms with Crippen molar-refractivity contribution in [2.24, 2.45) is 0 Å². The average molecular weight is 342 g/mol.